The number of aliphatic carboxylic acids is 3. The standard InChI is InChI=1S/C20H26O2S.C19H28FNO2.C19H29NO3.C12H23NO3.C6H10O3.C6H10O2.C5H11N.C5H8O4.C5H8O2/c1-19(2,3)15-11-13(7-9-17(15)21)23-14-8-10-18(22)16(12-14)20(4,5)6;1-3-19(20,18(22)23-4-2)15-21(17-12-8-9-13-17)14-16-10-6-5-7-11-16;1-3-19(22,18(21)23-4-2)15-20(17-12-8-9-13-17)14-16-10-6-5-7-11-16;1-3-12(15,11(14)16-4-2)9-13-10-7-5-6-8-10;1-3-6(4-9-6)5(7)8-2;1-4-5(2)6(7)8-3;6-5-3-1-2-4-5;1-2-3(4(6)7)5(8)9;1-3-4(2)5(6)7/h7-12,21-22H,1-6H3;5-7,10-11,17H,3-4,8-9,12-15H2,1-2H3;5-7,10-11,17,22H,3-4,8-9,12-15H2,1-2H3;10,13,15H,3-9H2,1-2H3;3-4H2,1-2H3;2,4H2,1,3H3;5H,1-4,6H2;3H,2H2,1H3,(H,6,7)(H,8,9);2-3H2,1H3,(H,6,7). The number of alkyl halides is 1. The van der Waals surface area contributed by atoms with E-state index in [4.69, 9.17) is 40.0 Å². The minimum Gasteiger partial charge on any atom is -0.508 e. The number of epoxide rings is 1. The lowest BCUT2D eigenvalue weighted by molar-refractivity contribution is -0.168. The second-order valence-corrected chi connectivity index (χ2v) is 34.9. The first kappa shape index (κ1) is 114. The van der Waals surface area contributed by atoms with Gasteiger partial charge in [-0.25, -0.2) is 33.2 Å². The number of halogens is 1. The fourth-order valence-corrected chi connectivity index (χ4v) is 14.7. The highest BCUT2D eigenvalue weighted by Crippen LogP contribution is 2.40. The number of phenols is 2. The van der Waals surface area contributed by atoms with E-state index in [0.29, 0.717) is 113 Å². The fraction of sp³-hybridized carbons (Fsp3) is 0.629. The molecule has 0 radical (unpaired) electrons. The number of carbonyl (C=O) groups is 8. The first-order chi connectivity index (χ1) is 58.4. The Labute approximate surface area is 743 Å². The van der Waals surface area contributed by atoms with E-state index in [1.165, 1.54) is 90.9 Å². The molecule has 4 aliphatic carbocycles. The third kappa shape index (κ3) is 41.9. The molecule has 124 heavy (non-hydrogen) atoms. The number of esters is 5. The predicted octanol–water partition coefficient (Wildman–Crippen LogP) is 17.9. The van der Waals surface area contributed by atoms with E-state index in [9.17, 15) is 58.8 Å². The summed E-state index contributed by atoms with van der Waals surface area (Å²) in [6.45, 7) is 40.5. The van der Waals surface area contributed by atoms with E-state index < -0.39 is 64.2 Å². The molecule has 4 saturated carbocycles. The smallest absolute Gasteiger partial charge is 0.345 e. The van der Waals surface area contributed by atoms with Crippen LogP contribution < -0.4 is 11.1 Å². The number of benzene rings is 4. The van der Waals surface area contributed by atoms with Crippen molar-refractivity contribution in [1.82, 2.24) is 15.1 Å². The Morgan fingerprint density at radius 3 is 1.22 bits per heavy atom. The number of nitrogens with zero attached hydrogens (tertiary/aromatic N) is 2. The number of carboxylic acid groups (broad SMARTS) is 3. The largest absolute Gasteiger partial charge is 0.508 e. The van der Waals surface area contributed by atoms with Crippen molar-refractivity contribution in [2.45, 2.75) is 339 Å². The molecule has 0 aromatic heterocycles. The van der Waals surface area contributed by atoms with Crippen LogP contribution in [0.15, 0.2) is 131 Å². The highest BCUT2D eigenvalue weighted by atomic mass is 32.2. The Kier molecular flexibility index (Phi) is 54.0. The Morgan fingerprint density at radius 1 is 0.548 bits per heavy atom. The number of nitrogens with one attached hydrogen (secondary N) is 1. The zero-order valence-electron chi connectivity index (χ0n) is 77.8. The molecule has 0 bridgehead atoms. The lowest BCUT2D eigenvalue weighted by atomic mass is 9.86. The third-order valence-electron chi connectivity index (χ3n) is 22.2. The maximum atomic E-state index is 15.2. The molecule has 1 aliphatic heterocycles. The van der Waals surface area contributed by atoms with Crippen molar-refractivity contribution in [3.8, 4) is 11.5 Å². The van der Waals surface area contributed by atoms with Gasteiger partial charge in [-0.15, -0.1) is 0 Å². The molecule has 0 amide bonds. The number of phenolic OH excluding ortho intramolecular Hbond substituents is 2. The molecule has 4 aromatic carbocycles. The van der Waals surface area contributed by atoms with Gasteiger partial charge < -0.3 is 75.2 Å². The van der Waals surface area contributed by atoms with Crippen LogP contribution in [0.25, 0.3) is 0 Å². The molecule has 5 fully saturated rings. The van der Waals surface area contributed by atoms with E-state index >= 15 is 4.39 Å². The number of methoxy groups -OCH3 is 2. The highest BCUT2D eigenvalue weighted by molar-refractivity contribution is 7.99. The molecule has 0 spiro atoms. The quantitative estimate of drug-likeness (QED) is 0.00703. The van der Waals surface area contributed by atoms with Gasteiger partial charge in [0.05, 0.1) is 40.6 Å². The maximum absolute atomic E-state index is 15.2. The van der Waals surface area contributed by atoms with Crippen LogP contribution in [0.2, 0.25) is 0 Å². The Balaban J connectivity index is 0.000000726. The van der Waals surface area contributed by atoms with Gasteiger partial charge in [-0.1, -0.05) is 227 Å². The summed E-state index contributed by atoms with van der Waals surface area (Å²) in [5.41, 5.74) is 5.09. The molecule has 1 heterocycles. The number of aliphatic hydroxyl groups is 2. The highest BCUT2D eigenvalue weighted by Gasteiger charge is 2.52. The average Bonchev–Trinajstić information content (AvgIpc) is 1.62. The lowest BCUT2D eigenvalue weighted by Crippen LogP contribution is -2.51. The number of ether oxygens (including phenoxy) is 6. The van der Waals surface area contributed by atoms with Crippen LogP contribution in [0, 0.1) is 5.92 Å². The summed E-state index contributed by atoms with van der Waals surface area (Å²) in [7, 11) is 2.73. The van der Waals surface area contributed by atoms with Gasteiger partial charge in [-0.2, -0.15) is 0 Å². The lowest BCUT2D eigenvalue weighted by Gasteiger charge is -2.35. The summed E-state index contributed by atoms with van der Waals surface area (Å²) in [4.78, 5) is 93.4. The van der Waals surface area contributed by atoms with Crippen LogP contribution in [0.4, 0.5) is 4.39 Å². The van der Waals surface area contributed by atoms with E-state index in [-0.39, 0.29) is 54.3 Å². The predicted molar refractivity (Wildman–Crippen MR) is 486 cm³/mol. The summed E-state index contributed by atoms with van der Waals surface area (Å²) in [6, 6.07) is 33.6. The summed E-state index contributed by atoms with van der Waals surface area (Å²) in [5, 5.41) is 68.8. The molecular formula is C97H153FN4O21S. The molecular weight excluding hydrogens is 1610 g/mol. The average molecular weight is 1760 g/mol. The molecule has 4 unspecified atom stereocenters. The van der Waals surface area contributed by atoms with Crippen LogP contribution in [-0.4, -0.2) is 200 Å². The monoisotopic (exact) mass is 1760 g/mol. The number of rotatable bonds is 33. The SMILES string of the molecule is C=C(CC)C(=O)O.C=C(CC)C(=O)OC.CC(C)(C)c1cc(Sc2ccc(O)c(C(C)(C)C)c2)ccc1O.CCC(C(=O)O)C(=O)O.CCC1(C(=O)OC)CO1.CCOC(=O)C(F)(CC)CN(Cc1ccccc1)C1CCCC1.CCOC(=O)C(O)(CC)CN(Cc1ccccc1)C1CCCC1.CCOC(=O)C(O)(CC)CNC1CCCC1.NC1CCCC1. The molecule has 27 heteroatoms. The summed E-state index contributed by atoms with van der Waals surface area (Å²) in [6.07, 6.45) is 22.2. The topological polar surface area (TPSA) is 381 Å². The molecule has 10 N–H and O–H groups in total. The van der Waals surface area contributed by atoms with Crippen LogP contribution in [-0.2, 0) is 90.7 Å². The zero-order chi connectivity index (χ0) is 94.0. The van der Waals surface area contributed by atoms with E-state index in [0.717, 1.165) is 71.6 Å². The Bertz CT molecular complexity index is 3630. The molecule has 4 aromatic rings. The van der Waals surface area contributed by atoms with Gasteiger partial charge in [0.15, 0.2) is 22.7 Å². The first-order valence-electron chi connectivity index (χ1n) is 44.3. The van der Waals surface area contributed by atoms with Gasteiger partial charge in [0, 0.05) is 89.0 Å². The third-order valence-corrected chi connectivity index (χ3v) is 23.2. The van der Waals surface area contributed by atoms with Gasteiger partial charge in [0.2, 0.25) is 5.67 Å². The van der Waals surface area contributed by atoms with Gasteiger partial charge in [0.1, 0.15) is 11.5 Å². The number of nitrogens with two attached hydrogens (primary N) is 1. The first-order valence-corrected chi connectivity index (χ1v) is 45.1. The molecule has 1 saturated heterocycles. The molecule has 4 atom stereocenters. The molecule has 5 aliphatic rings. The van der Waals surface area contributed by atoms with Gasteiger partial charge in [-0.3, -0.25) is 19.4 Å². The minimum absolute atomic E-state index is 0.105. The minimum atomic E-state index is -1.92. The van der Waals surface area contributed by atoms with Crippen molar-refractivity contribution < 1.29 is 107 Å². The second kappa shape index (κ2) is 58.9. The number of hydrogen-bond donors (Lipinski definition) is 9. The maximum Gasteiger partial charge on any atom is 0.345 e. The normalized spacial score (nSPS) is 16.9. The zero-order valence-corrected chi connectivity index (χ0v) is 78.6. The van der Waals surface area contributed by atoms with E-state index in [2.05, 4.69) is 104 Å². The number of aromatic hydroxyl groups is 2. The van der Waals surface area contributed by atoms with Crippen LogP contribution in [0.1, 0.15) is 281 Å². The van der Waals surface area contributed by atoms with Gasteiger partial charge in [-0.05, 0) is 175 Å². The van der Waals surface area contributed by atoms with Crippen molar-refractivity contribution in [2.24, 2.45) is 11.7 Å². The molecule has 25 nitrogen and oxygen atoms in total. The summed E-state index contributed by atoms with van der Waals surface area (Å²) >= 11 is 1.64. The summed E-state index contributed by atoms with van der Waals surface area (Å²) in [5.74, 6) is -6.31. The van der Waals surface area contributed by atoms with Crippen LogP contribution in [0.5, 0.6) is 11.5 Å². The van der Waals surface area contributed by atoms with Crippen molar-refractivity contribution >= 4 is 59.5 Å². The van der Waals surface area contributed by atoms with Crippen LogP contribution in [0.3, 0.4) is 0 Å². The fourth-order valence-electron chi connectivity index (χ4n) is 13.8. The number of carbonyl (C=O) groups excluding carboxylic acids is 5. The van der Waals surface area contributed by atoms with E-state index in [1.54, 1.807) is 65.4 Å². The Hall–Kier alpha value is -8.28. The second-order valence-electron chi connectivity index (χ2n) is 33.8. The number of carboxylic acids is 3. The van der Waals surface area contributed by atoms with Crippen LogP contribution >= 0.6 is 11.8 Å². The van der Waals surface area contributed by atoms with Crippen molar-refractivity contribution in [3.63, 3.8) is 0 Å². The summed E-state index contributed by atoms with van der Waals surface area (Å²) < 4.78 is 43.9. The van der Waals surface area contributed by atoms with Crippen molar-refractivity contribution in [2.75, 3.05) is 60.3 Å². The molecule has 700 valence electrons. The van der Waals surface area contributed by atoms with Gasteiger partial charge in [0.25, 0.3) is 0 Å². The Morgan fingerprint density at radius 2 is 0.935 bits per heavy atom. The van der Waals surface area contributed by atoms with Gasteiger partial charge >= 0.3 is 47.8 Å². The van der Waals surface area contributed by atoms with E-state index in [1.807, 2.05) is 81.4 Å². The molecule has 9 rings (SSSR count). The van der Waals surface area contributed by atoms with Crippen molar-refractivity contribution in [1.29, 1.82) is 0 Å². The van der Waals surface area contributed by atoms with Crippen molar-refractivity contribution in [3.05, 3.63) is 144 Å². The number of hydrogen-bond acceptors (Lipinski definition) is 23.